The lowest BCUT2D eigenvalue weighted by Crippen LogP contribution is -2.27. The SMILES string of the molecule is Cc1ccc(S(=O)(=O)NCc2ccco2)cc1C(=O)NCc1ccc(F)cc1C(F)(F)F. The van der Waals surface area contributed by atoms with Crippen LogP contribution in [0.1, 0.15) is 32.8 Å². The van der Waals surface area contributed by atoms with Gasteiger partial charge in [-0.15, -0.1) is 0 Å². The minimum Gasteiger partial charge on any atom is -0.468 e. The quantitative estimate of drug-likeness (QED) is 0.508. The summed E-state index contributed by atoms with van der Waals surface area (Å²) in [5, 5.41) is 2.33. The van der Waals surface area contributed by atoms with Gasteiger partial charge < -0.3 is 9.73 Å². The molecule has 6 nitrogen and oxygen atoms in total. The van der Waals surface area contributed by atoms with Crippen LogP contribution >= 0.6 is 0 Å². The third-order valence-electron chi connectivity index (χ3n) is 4.60. The first-order valence-electron chi connectivity index (χ1n) is 9.24. The predicted molar refractivity (Wildman–Crippen MR) is 106 cm³/mol. The summed E-state index contributed by atoms with van der Waals surface area (Å²) in [4.78, 5) is 12.4. The smallest absolute Gasteiger partial charge is 0.416 e. The van der Waals surface area contributed by atoms with Crippen molar-refractivity contribution in [2.45, 2.75) is 31.1 Å². The summed E-state index contributed by atoms with van der Waals surface area (Å²) in [7, 11) is -3.99. The van der Waals surface area contributed by atoms with Gasteiger partial charge in [0.15, 0.2) is 0 Å². The summed E-state index contributed by atoms with van der Waals surface area (Å²) < 4.78 is 85.1. The van der Waals surface area contributed by atoms with Crippen LogP contribution in [-0.2, 0) is 29.3 Å². The lowest BCUT2D eigenvalue weighted by atomic mass is 10.1. The number of alkyl halides is 3. The Morgan fingerprint density at radius 1 is 1.06 bits per heavy atom. The van der Waals surface area contributed by atoms with Gasteiger partial charge in [-0.25, -0.2) is 17.5 Å². The number of nitrogens with one attached hydrogen (secondary N) is 2. The second kappa shape index (κ2) is 9.13. The number of hydrogen-bond acceptors (Lipinski definition) is 4. The van der Waals surface area contributed by atoms with Crippen LogP contribution in [0.4, 0.5) is 17.6 Å². The maximum Gasteiger partial charge on any atom is 0.416 e. The maximum absolute atomic E-state index is 13.2. The third-order valence-corrected chi connectivity index (χ3v) is 6.00. The lowest BCUT2D eigenvalue weighted by molar-refractivity contribution is -0.138. The fraction of sp³-hybridized carbons (Fsp3) is 0.190. The molecule has 1 heterocycles. The van der Waals surface area contributed by atoms with Crippen LogP contribution in [0.15, 0.2) is 64.1 Å². The maximum atomic E-state index is 13.2. The number of furan rings is 1. The second-order valence-electron chi connectivity index (χ2n) is 6.86. The van der Waals surface area contributed by atoms with E-state index in [4.69, 9.17) is 4.42 Å². The Morgan fingerprint density at radius 3 is 2.47 bits per heavy atom. The Morgan fingerprint density at radius 2 is 1.81 bits per heavy atom. The van der Waals surface area contributed by atoms with Crippen molar-refractivity contribution in [2.75, 3.05) is 0 Å². The van der Waals surface area contributed by atoms with E-state index < -0.39 is 40.0 Å². The van der Waals surface area contributed by atoms with Crippen molar-refractivity contribution in [2.24, 2.45) is 0 Å². The third kappa shape index (κ3) is 5.54. The van der Waals surface area contributed by atoms with Crippen molar-refractivity contribution >= 4 is 15.9 Å². The first kappa shape index (κ1) is 23.5. The van der Waals surface area contributed by atoms with Gasteiger partial charge in [0.05, 0.1) is 23.3 Å². The van der Waals surface area contributed by atoms with Gasteiger partial charge in [0.1, 0.15) is 11.6 Å². The highest BCUT2D eigenvalue weighted by atomic mass is 32.2. The number of aryl methyl sites for hydroxylation is 1. The Hall–Kier alpha value is -3.18. The average Bonchev–Trinajstić information content (AvgIpc) is 3.24. The molecule has 0 aliphatic rings. The molecule has 3 rings (SSSR count). The molecule has 0 radical (unpaired) electrons. The van der Waals surface area contributed by atoms with Crippen molar-refractivity contribution in [3.05, 3.63) is 88.6 Å². The molecule has 32 heavy (non-hydrogen) atoms. The Kier molecular flexibility index (Phi) is 6.70. The molecule has 0 saturated heterocycles. The summed E-state index contributed by atoms with van der Waals surface area (Å²) in [6.45, 7) is 0.928. The van der Waals surface area contributed by atoms with Gasteiger partial charge in [0.2, 0.25) is 10.0 Å². The molecule has 0 fully saturated rings. The molecule has 2 aromatic carbocycles. The summed E-state index contributed by atoms with van der Waals surface area (Å²) in [5.74, 6) is -1.44. The van der Waals surface area contributed by atoms with Crippen LogP contribution < -0.4 is 10.0 Å². The van der Waals surface area contributed by atoms with Crippen molar-refractivity contribution < 1.29 is 35.2 Å². The molecule has 1 aromatic heterocycles. The van der Waals surface area contributed by atoms with Crippen LogP contribution in [0.2, 0.25) is 0 Å². The van der Waals surface area contributed by atoms with E-state index in [-0.39, 0.29) is 22.6 Å². The molecule has 1 amide bonds. The highest BCUT2D eigenvalue weighted by molar-refractivity contribution is 7.89. The van der Waals surface area contributed by atoms with Crippen molar-refractivity contribution in [3.8, 4) is 0 Å². The Bertz CT molecular complexity index is 1220. The topological polar surface area (TPSA) is 88.4 Å². The molecule has 0 atom stereocenters. The lowest BCUT2D eigenvalue weighted by Gasteiger charge is -2.14. The van der Waals surface area contributed by atoms with Crippen LogP contribution in [0, 0.1) is 12.7 Å². The van der Waals surface area contributed by atoms with Crippen molar-refractivity contribution in [1.82, 2.24) is 10.0 Å². The van der Waals surface area contributed by atoms with E-state index in [2.05, 4.69) is 10.0 Å². The summed E-state index contributed by atoms with van der Waals surface area (Å²) in [6, 6.07) is 9.18. The minimum absolute atomic E-state index is 0.0263. The predicted octanol–water partition coefficient (Wildman–Crippen LogP) is 4.15. The molecule has 170 valence electrons. The number of amides is 1. The van der Waals surface area contributed by atoms with E-state index in [1.165, 1.54) is 18.4 Å². The fourth-order valence-electron chi connectivity index (χ4n) is 2.91. The first-order valence-corrected chi connectivity index (χ1v) is 10.7. The molecule has 0 unspecified atom stereocenters. The number of hydrogen-bond donors (Lipinski definition) is 2. The number of benzene rings is 2. The molecule has 0 bridgehead atoms. The molecule has 0 saturated carbocycles. The van der Waals surface area contributed by atoms with Crippen molar-refractivity contribution in [1.29, 1.82) is 0 Å². The average molecular weight is 470 g/mol. The molecule has 11 heteroatoms. The van der Waals surface area contributed by atoms with Gasteiger partial charge in [-0.2, -0.15) is 13.2 Å². The van der Waals surface area contributed by atoms with Crippen LogP contribution in [0.3, 0.4) is 0 Å². The van der Waals surface area contributed by atoms with Gasteiger partial charge in [-0.3, -0.25) is 4.79 Å². The van der Waals surface area contributed by atoms with Gasteiger partial charge in [0.25, 0.3) is 5.91 Å². The van der Waals surface area contributed by atoms with E-state index in [0.717, 1.165) is 18.2 Å². The molecule has 0 aliphatic carbocycles. The molecule has 2 N–H and O–H groups in total. The van der Waals surface area contributed by atoms with E-state index in [1.807, 2.05) is 0 Å². The Labute approximate surface area is 181 Å². The van der Waals surface area contributed by atoms with Crippen molar-refractivity contribution in [3.63, 3.8) is 0 Å². The first-order chi connectivity index (χ1) is 15.0. The fourth-order valence-corrected chi connectivity index (χ4v) is 3.93. The molecule has 0 spiro atoms. The zero-order valence-corrected chi connectivity index (χ0v) is 17.5. The number of carbonyl (C=O) groups excluding carboxylic acids is 1. The van der Waals surface area contributed by atoms with Crippen LogP contribution in [-0.4, -0.2) is 14.3 Å². The summed E-state index contributed by atoms with van der Waals surface area (Å²) in [5.41, 5.74) is -1.13. The molecule has 0 aliphatic heterocycles. The van der Waals surface area contributed by atoms with E-state index in [1.54, 1.807) is 19.1 Å². The van der Waals surface area contributed by atoms with E-state index in [9.17, 15) is 30.8 Å². The summed E-state index contributed by atoms with van der Waals surface area (Å²) in [6.07, 6.45) is -3.41. The van der Waals surface area contributed by atoms with Gasteiger partial charge in [-0.05, 0) is 54.4 Å². The number of rotatable bonds is 7. The molecular weight excluding hydrogens is 452 g/mol. The number of halogens is 4. The van der Waals surface area contributed by atoms with Gasteiger partial charge in [0, 0.05) is 12.1 Å². The van der Waals surface area contributed by atoms with E-state index >= 15 is 0 Å². The molecular formula is C21H18F4N2O4S. The van der Waals surface area contributed by atoms with E-state index in [0.29, 0.717) is 17.4 Å². The van der Waals surface area contributed by atoms with Gasteiger partial charge >= 0.3 is 6.18 Å². The number of sulfonamides is 1. The normalized spacial score (nSPS) is 12.0. The summed E-state index contributed by atoms with van der Waals surface area (Å²) >= 11 is 0. The zero-order chi connectivity index (χ0) is 23.5. The van der Waals surface area contributed by atoms with Crippen LogP contribution in [0.5, 0.6) is 0 Å². The standard InChI is InChI=1S/C21H18F4N2O4S/c1-13-4-7-17(32(29,30)27-12-16-3-2-8-31-16)10-18(13)20(28)26-11-14-5-6-15(22)9-19(14)21(23,24)25/h2-10,27H,11-12H2,1H3,(H,26,28). The highest BCUT2D eigenvalue weighted by Gasteiger charge is 2.33. The monoisotopic (exact) mass is 470 g/mol. The molecule has 3 aromatic rings. The minimum atomic E-state index is -4.80. The zero-order valence-electron chi connectivity index (χ0n) is 16.7. The number of carbonyl (C=O) groups is 1. The van der Waals surface area contributed by atoms with Gasteiger partial charge in [-0.1, -0.05) is 12.1 Å². The second-order valence-corrected chi connectivity index (χ2v) is 8.63. The van der Waals surface area contributed by atoms with Crippen LogP contribution in [0.25, 0.3) is 0 Å². The Balaban J connectivity index is 1.78. The largest absolute Gasteiger partial charge is 0.468 e. The highest BCUT2D eigenvalue weighted by Crippen LogP contribution is 2.32.